The molecule has 10 heteroatoms. The predicted octanol–water partition coefficient (Wildman–Crippen LogP) is 2.55. The molecule has 0 aliphatic heterocycles. The number of rotatable bonds is 11. The van der Waals surface area contributed by atoms with Crippen LogP contribution < -0.4 is 15.0 Å². The second-order valence-electron chi connectivity index (χ2n) is 6.80. The molecule has 3 rings (SSSR count). The summed E-state index contributed by atoms with van der Waals surface area (Å²) >= 11 is 0. The van der Waals surface area contributed by atoms with Crippen LogP contribution in [0, 0.1) is 5.92 Å². The van der Waals surface area contributed by atoms with Crippen LogP contribution in [0.2, 0.25) is 0 Å². The fourth-order valence-corrected chi connectivity index (χ4v) is 2.58. The summed E-state index contributed by atoms with van der Waals surface area (Å²) in [7, 11) is 0. The maximum Gasteiger partial charge on any atom is 0.387 e. The summed E-state index contributed by atoms with van der Waals surface area (Å²) in [5, 5.41) is 12.8. The van der Waals surface area contributed by atoms with Crippen molar-refractivity contribution in [3.8, 4) is 17.2 Å². The molecular formula is C20H22F2N2O6. The van der Waals surface area contributed by atoms with Gasteiger partial charge in [-0.15, -0.1) is 0 Å². The SMILES string of the molecule is O=C(OCCCCO)c1ccc(=O)n(-c2ccc(OC(F)F)c(OCC3CC3)c2)n1. The van der Waals surface area contributed by atoms with Crippen molar-refractivity contribution in [3.05, 3.63) is 46.4 Å². The van der Waals surface area contributed by atoms with Gasteiger partial charge < -0.3 is 19.3 Å². The number of halogens is 2. The monoisotopic (exact) mass is 424 g/mol. The third-order valence-electron chi connectivity index (χ3n) is 4.35. The van der Waals surface area contributed by atoms with E-state index in [1.54, 1.807) is 0 Å². The predicted molar refractivity (Wildman–Crippen MR) is 101 cm³/mol. The maximum absolute atomic E-state index is 12.7. The van der Waals surface area contributed by atoms with E-state index in [0.717, 1.165) is 23.6 Å². The number of benzene rings is 1. The molecule has 1 N–H and O–H groups in total. The zero-order chi connectivity index (χ0) is 21.5. The normalized spacial score (nSPS) is 13.3. The highest BCUT2D eigenvalue weighted by Crippen LogP contribution is 2.34. The first kappa shape index (κ1) is 21.7. The number of hydrogen-bond donors (Lipinski definition) is 1. The molecule has 30 heavy (non-hydrogen) atoms. The molecule has 1 heterocycles. The Morgan fingerprint density at radius 3 is 2.70 bits per heavy atom. The Kier molecular flexibility index (Phi) is 7.34. The van der Waals surface area contributed by atoms with Gasteiger partial charge in [-0.2, -0.15) is 18.6 Å². The van der Waals surface area contributed by atoms with Crippen LogP contribution in [-0.4, -0.2) is 47.3 Å². The third-order valence-corrected chi connectivity index (χ3v) is 4.35. The van der Waals surface area contributed by atoms with Gasteiger partial charge in [-0.05, 0) is 49.8 Å². The summed E-state index contributed by atoms with van der Waals surface area (Å²) < 4.78 is 41.5. The molecule has 1 aliphatic carbocycles. The highest BCUT2D eigenvalue weighted by atomic mass is 19.3. The minimum atomic E-state index is -3.02. The van der Waals surface area contributed by atoms with Crippen LogP contribution in [0.5, 0.6) is 11.5 Å². The van der Waals surface area contributed by atoms with Crippen LogP contribution in [0.15, 0.2) is 35.1 Å². The number of esters is 1. The van der Waals surface area contributed by atoms with E-state index >= 15 is 0 Å². The second-order valence-corrected chi connectivity index (χ2v) is 6.80. The zero-order valence-electron chi connectivity index (χ0n) is 16.1. The molecule has 8 nitrogen and oxygen atoms in total. The number of nitrogens with zero attached hydrogens (tertiary/aromatic N) is 2. The van der Waals surface area contributed by atoms with Crippen molar-refractivity contribution in [3.63, 3.8) is 0 Å². The van der Waals surface area contributed by atoms with Crippen molar-refractivity contribution in [2.24, 2.45) is 5.92 Å². The summed E-state index contributed by atoms with van der Waals surface area (Å²) in [4.78, 5) is 24.4. The molecule has 0 bridgehead atoms. The van der Waals surface area contributed by atoms with Gasteiger partial charge >= 0.3 is 12.6 Å². The van der Waals surface area contributed by atoms with E-state index in [2.05, 4.69) is 9.84 Å². The molecule has 0 atom stereocenters. The van der Waals surface area contributed by atoms with Crippen molar-refractivity contribution in [2.45, 2.75) is 32.3 Å². The topological polar surface area (TPSA) is 99.9 Å². The number of carbonyl (C=O) groups is 1. The number of alkyl halides is 2. The summed E-state index contributed by atoms with van der Waals surface area (Å²) in [6.07, 6.45) is 3.01. The van der Waals surface area contributed by atoms with Gasteiger partial charge in [0, 0.05) is 18.7 Å². The number of hydrogen-bond acceptors (Lipinski definition) is 7. The summed E-state index contributed by atoms with van der Waals surface area (Å²) in [5.41, 5.74) is -0.392. The molecule has 0 unspecified atom stereocenters. The van der Waals surface area contributed by atoms with E-state index in [-0.39, 0.29) is 36.1 Å². The van der Waals surface area contributed by atoms with Gasteiger partial charge in [-0.3, -0.25) is 4.79 Å². The van der Waals surface area contributed by atoms with Crippen LogP contribution in [0.3, 0.4) is 0 Å². The molecule has 0 radical (unpaired) electrons. The largest absolute Gasteiger partial charge is 0.489 e. The Bertz CT molecular complexity index is 930. The van der Waals surface area contributed by atoms with Crippen LogP contribution in [0.4, 0.5) is 8.78 Å². The summed E-state index contributed by atoms with van der Waals surface area (Å²) in [6.45, 7) is -2.56. The van der Waals surface area contributed by atoms with Crippen LogP contribution in [-0.2, 0) is 4.74 Å². The highest BCUT2D eigenvalue weighted by Gasteiger charge is 2.23. The van der Waals surface area contributed by atoms with E-state index in [0.29, 0.717) is 25.4 Å². The number of carbonyl (C=O) groups excluding carboxylic acids is 1. The molecule has 0 spiro atoms. The standard InChI is InChI=1S/C20H22F2N2O6/c21-20(22)30-16-7-5-14(11-17(16)29-12-13-3-4-13)24-18(26)8-6-15(23-24)19(27)28-10-2-1-9-25/h5-8,11,13,20,25H,1-4,9-10,12H2. The second kappa shape index (κ2) is 10.1. The quantitative estimate of drug-likeness (QED) is 0.437. The lowest BCUT2D eigenvalue weighted by Gasteiger charge is -2.14. The van der Waals surface area contributed by atoms with Crippen molar-refractivity contribution in [2.75, 3.05) is 19.8 Å². The van der Waals surface area contributed by atoms with E-state index in [1.807, 2.05) is 0 Å². The lowest BCUT2D eigenvalue weighted by molar-refractivity contribution is -0.0515. The number of ether oxygens (including phenoxy) is 3. The maximum atomic E-state index is 12.7. The first-order valence-electron chi connectivity index (χ1n) is 9.58. The van der Waals surface area contributed by atoms with Crippen molar-refractivity contribution in [1.29, 1.82) is 0 Å². The Labute approximate surface area is 171 Å². The van der Waals surface area contributed by atoms with Gasteiger partial charge in [0.2, 0.25) is 0 Å². The smallest absolute Gasteiger partial charge is 0.387 e. The van der Waals surface area contributed by atoms with Crippen LogP contribution >= 0.6 is 0 Å². The van der Waals surface area contributed by atoms with Gasteiger partial charge in [-0.25, -0.2) is 4.79 Å². The summed E-state index contributed by atoms with van der Waals surface area (Å²) in [5.74, 6) is -0.435. The average molecular weight is 424 g/mol. The van der Waals surface area contributed by atoms with Gasteiger partial charge in [0.15, 0.2) is 17.2 Å². The van der Waals surface area contributed by atoms with Gasteiger partial charge in [0.1, 0.15) is 0 Å². The molecule has 0 amide bonds. The fourth-order valence-electron chi connectivity index (χ4n) is 2.58. The lowest BCUT2D eigenvalue weighted by Crippen LogP contribution is -2.23. The number of unbranched alkanes of at least 4 members (excludes halogenated alkanes) is 1. The number of aliphatic hydroxyl groups is 1. The molecule has 0 saturated heterocycles. The van der Waals surface area contributed by atoms with E-state index in [1.165, 1.54) is 24.3 Å². The zero-order valence-corrected chi connectivity index (χ0v) is 16.1. The minimum absolute atomic E-state index is 0.00288. The van der Waals surface area contributed by atoms with Crippen molar-refractivity contribution in [1.82, 2.24) is 9.78 Å². The fraction of sp³-hybridized carbons (Fsp3) is 0.450. The molecule has 1 aromatic heterocycles. The van der Waals surface area contributed by atoms with Gasteiger partial charge in [0.05, 0.1) is 18.9 Å². The van der Waals surface area contributed by atoms with Gasteiger partial charge in [-0.1, -0.05) is 0 Å². The Hall–Kier alpha value is -3.01. The molecule has 1 saturated carbocycles. The van der Waals surface area contributed by atoms with E-state index in [9.17, 15) is 18.4 Å². The van der Waals surface area contributed by atoms with Crippen molar-refractivity contribution >= 4 is 5.97 Å². The lowest BCUT2D eigenvalue weighted by atomic mass is 10.2. The average Bonchev–Trinajstić information content (AvgIpc) is 3.55. The molecule has 1 aromatic carbocycles. The highest BCUT2D eigenvalue weighted by molar-refractivity contribution is 5.86. The summed E-state index contributed by atoms with van der Waals surface area (Å²) in [6, 6.07) is 6.40. The van der Waals surface area contributed by atoms with Crippen molar-refractivity contribution < 1.29 is 32.9 Å². The first-order valence-corrected chi connectivity index (χ1v) is 9.58. The van der Waals surface area contributed by atoms with E-state index in [4.69, 9.17) is 14.6 Å². The first-order chi connectivity index (χ1) is 14.5. The Balaban J connectivity index is 1.83. The molecule has 1 aliphatic rings. The Morgan fingerprint density at radius 1 is 1.20 bits per heavy atom. The number of aromatic nitrogens is 2. The third kappa shape index (κ3) is 5.99. The van der Waals surface area contributed by atoms with Crippen LogP contribution in [0.25, 0.3) is 5.69 Å². The molecular weight excluding hydrogens is 402 g/mol. The van der Waals surface area contributed by atoms with Crippen LogP contribution in [0.1, 0.15) is 36.2 Å². The molecule has 162 valence electrons. The van der Waals surface area contributed by atoms with E-state index < -0.39 is 18.1 Å². The molecule has 2 aromatic rings. The minimum Gasteiger partial charge on any atom is -0.489 e. The van der Waals surface area contributed by atoms with Gasteiger partial charge in [0.25, 0.3) is 5.56 Å². The molecule has 1 fully saturated rings. The number of aliphatic hydroxyl groups excluding tert-OH is 1. The Morgan fingerprint density at radius 2 is 2.00 bits per heavy atom.